The third-order valence-electron chi connectivity index (χ3n) is 3.78. The van der Waals surface area contributed by atoms with E-state index in [2.05, 4.69) is 15.0 Å². The molecule has 1 aromatic carbocycles. The molecule has 0 spiro atoms. The lowest BCUT2D eigenvalue weighted by molar-refractivity contribution is 0.620. The van der Waals surface area contributed by atoms with Gasteiger partial charge in [-0.2, -0.15) is 0 Å². The van der Waals surface area contributed by atoms with Gasteiger partial charge in [-0.15, -0.1) is 0 Å². The molecule has 0 aliphatic rings. The summed E-state index contributed by atoms with van der Waals surface area (Å²) in [5.41, 5.74) is 8.92. The van der Waals surface area contributed by atoms with Crippen LogP contribution in [0.4, 0.5) is 10.2 Å². The molecule has 2 N–H and O–H groups in total. The fraction of sp³-hybridized carbons (Fsp3) is 0.190. The van der Waals surface area contributed by atoms with Crippen LogP contribution in [-0.4, -0.2) is 15.0 Å². The molecular weight excluding hydrogens is 363 g/mol. The molecule has 0 amide bonds. The van der Waals surface area contributed by atoms with Gasteiger partial charge in [-0.3, -0.25) is 4.98 Å². The van der Waals surface area contributed by atoms with Crippen molar-refractivity contribution in [2.75, 3.05) is 5.73 Å². The van der Waals surface area contributed by atoms with E-state index < -0.39 is 5.82 Å². The highest BCUT2D eigenvalue weighted by Gasteiger charge is 2.10. The zero-order chi connectivity index (χ0) is 19.8. The normalized spacial score (nSPS) is 11.5. The molecule has 0 fully saturated rings. The van der Waals surface area contributed by atoms with Crippen molar-refractivity contribution in [3.63, 3.8) is 0 Å². The number of fused-ring (bicyclic) bond motifs is 1. The van der Waals surface area contributed by atoms with Crippen LogP contribution in [-0.2, 0) is 6.42 Å². The van der Waals surface area contributed by atoms with Gasteiger partial charge in [0.2, 0.25) is 0 Å². The summed E-state index contributed by atoms with van der Waals surface area (Å²) in [5, 5.41) is 1.36. The Hall–Kier alpha value is -2.79. The number of pyridine rings is 1. The van der Waals surface area contributed by atoms with Crippen molar-refractivity contribution in [3.05, 3.63) is 71.6 Å². The molecule has 0 aliphatic carbocycles. The molecule has 27 heavy (non-hydrogen) atoms. The first kappa shape index (κ1) is 20.5. The SMILES string of the molecule is C/C=C(Cl)\C=C/Cc1ncc(F)cc1-c1ccc2ncnc(N)c2c1.CC. The molecule has 3 aromatic rings. The minimum Gasteiger partial charge on any atom is -0.383 e. The number of nitrogen functional groups attached to an aromatic ring is 1. The van der Waals surface area contributed by atoms with Gasteiger partial charge < -0.3 is 5.73 Å². The quantitative estimate of drug-likeness (QED) is 0.587. The topological polar surface area (TPSA) is 64.7 Å². The summed E-state index contributed by atoms with van der Waals surface area (Å²) in [6.07, 6.45) is 8.64. The maximum Gasteiger partial charge on any atom is 0.142 e. The van der Waals surface area contributed by atoms with Gasteiger partial charge in [0.1, 0.15) is 18.0 Å². The second kappa shape index (κ2) is 9.78. The Balaban J connectivity index is 0.00000126. The van der Waals surface area contributed by atoms with Crippen LogP contribution in [0.3, 0.4) is 0 Å². The van der Waals surface area contributed by atoms with Crippen LogP contribution < -0.4 is 5.73 Å². The molecule has 3 rings (SSSR count). The van der Waals surface area contributed by atoms with E-state index in [1.165, 1.54) is 18.6 Å². The maximum atomic E-state index is 13.8. The fourth-order valence-corrected chi connectivity index (χ4v) is 2.59. The van der Waals surface area contributed by atoms with Crippen LogP contribution in [0.5, 0.6) is 0 Å². The van der Waals surface area contributed by atoms with Crippen LogP contribution in [0.2, 0.25) is 0 Å². The summed E-state index contributed by atoms with van der Waals surface area (Å²) in [4.78, 5) is 12.4. The lowest BCUT2D eigenvalue weighted by atomic mass is 10.00. The first-order chi connectivity index (χ1) is 13.1. The Kier molecular flexibility index (Phi) is 7.44. The number of hydrogen-bond donors (Lipinski definition) is 1. The number of nitrogens with two attached hydrogens (primary N) is 1. The number of rotatable bonds is 4. The molecule has 0 bridgehead atoms. The van der Waals surface area contributed by atoms with Gasteiger partial charge >= 0.3 is 0 Å². The molecule has 2 aromatic heterocycles. The highest BCUT2D eigenvalue weighted by atomic mass is 35.5. The molecule has 0 atom stereocenters. The molecule has 4 nitrogen and oxygen atoms in total. The lowest BCUT2D eigenvalue weighted by Crippen LogP contribution is -1.96. The summed E-state index contributed by atoms with van der Waals surface area (Å²) >= 11 is 5.96. The Morgan fingerprint density at radius 1 is 1.19 bits per heavy atom. The highest BCUT2D eigenvalue weighted by molar-refractivity contribution is 6.31. The van der Waals surface area contributed by atoms with E-state index in [9.17, 15) is 4.39 Å². The Labute approximate surface area is 163 Å². The van der Waals surface area contributed by atoms with E-state index >= 15 is 0 Å². The summed E-state index contributed by atoms with van der Waals surface area (Å²) in [6.45, 7) is 5.86. The van der Waals surface area contributed by atoms with Crippen LogP contribution in [0, 0.1) is 5.82 Å². The minimum atomic E-state index is -0.397. The van der Waals surface area contributed by atoms with Gasteiger partial charge in [0.05, 0.1) is 17.4 Å². The minimum absolute atomic E-state index is 0.387. The van der Waals surface area contributed by atoms with Crippen molar-refractivity contribution >= 4 is 28.3 Å². The van der Waals surface area contributed by atoms with E-state index in [1.807, 2.05) is 45.0 Å². The molecule has 2 heterocycles. The number of halogens is 2. The fourth-order valence-electron chi connectivity index (χ4n) is 2.50. The smallest absolute Gasteiger partial charge is 0.142 e. The number of aromatic nitrogens is 3. The van der Waals surface area contributed by atoms with Crippen LogP contribution in [0.1, 0.15) is 26.5 Å². The van der Waals surface area contributed by atoms with Crippen molar-refractivity contribution in [1.82, 2.24) is 15.0 Å². The lowest BCUT2D eigenvalue weighted by Gasteiger charge is -2.09. The summed E-state index contributed by atoms with van der Waals surface area (Å²) in [6, 6.07) is 7.03. The number of hydrogen-bond acceptors (Lipinski definition) is 4. The zero-order valence-electron chi connectivity index (χ0n) is 15.6. The van der Waals surface area contributed by atoms with E-state index in [-0.39, 0.29) is 0 Å². The third kappa shape index (κ3) is 5.11. The second-order valence-electron chi connectivity index (χ2n) is 5.42. The number of anilines is 1. The van der Waals surface area contributed by atoms with E-state index in [1.54, 1.807) is 12.2 Å². The van der Waals surface area contributed by atoms with Crippen LogP contribution in [0.25, 0.3) is 22.0 Å². The zero-order valence-corrected chi connectivity index (χ0v) is 16.3. The molecule has 0 aliphatic heterocycles. The Morgan fingerprint density at radius 3 is 2.70 bits per heavy atom. The predicted molar refractivity (Wildman–Crippen MR) is 111 cm³/mol. The summed E-state index contributed by atoms with van der Waals surface area (Å²) in [5.74, 6) is -0.0101. The predicted octanol–water partition coefficient (Wildman–Crippen LogP) is 5.68. The maximum absolute atomic E-state index is 13.8. The average molecular weight is 385 g/mol. The van der Waals surface area contributed by atoms with Gasteiger partial charge in [0, 0.05) is 22.4 Å². The van der Waals surface area contributed by atoms with Crippen molar-refractivity contribution in [3.8, 4) is 11.1 Å². The van der Waals surface area contributed by atoms with Crippen molar-refractivity contribution in [2.45, 2.75) is 27.2 Å². The monoisotopic (exact) mass is 384 g/mol. The first-order valence-corrected chi connectivity index (χ1v) is 9.09. The van der Waals surface area contributed by atoms with Gasteiger partial charge in [0.25, 0.3) is 0 Å². The third-order valence-corrected chi connectivity index (χ3v) is 4.12. The van der Waals surface area contributed by atoms with E-state index in [0.29, 0.717) is 22.8 Å². The Bertz CT molecular complexity index is 983. The largest absolute Gasteiger partial charge is 0.383 e. The number of allylic oxidation sites excluding steroid dienone is 4. The standard InChI is InChI=1S/C19H16ClFN4.C2H6/c1-2-13(20)4-3-5-17-15(9-14(21)10-23-17)12-6-7-18-16(8-12)19(22)25-11-24-18;1-2/h2-4,6-11H,5H2,1H3,(H2,22,24,25);1-2H3/b4-3-,13-2+;. The van der Waals surface area contributed by atoms with Gasteiger partial charge in [-0.05, 0) is 36.8 Å². The van der Waals surface area contributed by atoms with Crippen molar-refractivity contribution in [2.24, 2.45) is 0 Å². The highest BCUT2D eigenvalue weighted by Crippen LogP contribution is 2.28. The average Bonchev–Trinajstić information content (AvgIpc) is 2.70. The van der Waals surface area contributed by atoms with Gasteiger partial charge in [-0.1, -0.05) is 43.7 Å². The summed E-state index contributed by atoms with van der Waals surface area (Å²) < 4.78 is 13.8. The number of benzene rings is 1. The molecule has 0 radical (unpaired) electrons. The second-order valence-corrected chi connectivity index (χ2v) is 5.86. The van der Waals surface area contributed by atoms with E-state index in [4.69, 9.17) is 17.3 Å². The Morgan fingerprint density at radius 2 is 1.96 bits per heavy atom. The molecule has 140 valence electrons. The molecule has 0 saturated carbocycles. The van der Waals surface area contributed by atoms with E-state index in [0.717, 1.165) is 22.2 Å². The molecule has 0 unspecified atom stereocenters. The van der Waals surface area contributed by atoms with Gasteiger partial charge in [0.15, 0.2) is 0 Å². The van der Waals surface area contributed by atoms with Gasteiger partial charge in [-0.25, -0.2) is 14.4 Å². The van der Waals surface area contributed by atoms with Crippen molar-refractivity contribution < 1.29 is 4.39 Å². The molecule has 0 saturated heterocycles. The van der Waals surface area contributed by atoms with Crippen LogP contribution in [0.15, 0.2) is 60.0 Å². The molecular formula is C21H22ClFN4. The van der Waals surface area contributed by atoms with Crippen LogP contribution >= 0.6 is 11.6 Å². The van der Waals surface area contributed by atoms with Crippen molar-refractivity contribution in [1.29, 1.82) is 0 Å². The number of nitrogens with zero attached hydrogens (tertiary/aromatic N) is 3. The molecule has 6 heteroatoms. The summed E-state index contributed by atoms with van der Waals surface area (Å²) in [7, 11) is 0. The first-order valence-electron chi connectivity index (χ1n) is 8.72.